The minimum atomic E-state index is -0.552. The molecule has 1 aromatic carbocycles. The number of ether oxygens (including phenoxy) is 1. The summed E-state index contributed by atoms with van der Waals surface area (Å²) in [4.78, 5) is 27.8. The largest absolute Gasteiger partial charge is 0.444 e. The van der Waals surface area contributed by atoms with Gasteiger partial charge >= 0.3 is 6.09 Å². The molecule has 0 bridgehead atoms. The van der Waals surface area contributed by atoms with Gasteiger partial charge in [0.05, 0.1) is 6.04 Å². The van der Waals surface area contributed by atoms with E-state index in [4.69, 9.17) is 4.74 Å². The topological polar surface area (TPSA) is 81.6 Å². The summed E-state index contributed by atoms with van der Waals surface area (Å²) in [6.07, 6.45) is 2.02. The maximum atomic E-state index is 12.5. The molecule has 1 aliphatic heterocycles. The number of hydrogen-bond donors (Lipinski definition) is 2. The van der Waals surface area contributed by atoms with Crippen molar-refractivity contribution in [3.8, 4) is 16.9 Å². The molecule has 0 saturated carbocycles. The van der Waals surface area contributed by atoms with Crippen molar-refractivity contribution in [2.75, 3.05) is 13.1 Å². The minimum absolute atomic E-state index is 0.0167. The van der Waals surface area contributed by atoms with Crippen LogP contribution in [-0.4, -0.2) is 35.3 Å². The molecule has 0 fully saturated rings. The molecule has 0 saturated heterocycles. The molecule has 2 amide bonds. The van der Waals surface area contributed by atoms with E-state index < -0.39 is 11.7 Å². The number of nitrogens with zero attached hydrogens (tertiary/aromatic N) is 1. The molecule has 0 radical (unpaired) electrons. The maximum absolute atomic E-state index is 12.5. The molecule has 2 aromatic rings. The third-order valence-electron chi connectivity index (χ3n) is 4.38. The summed E-state index contributed by atoms with van der Waals surface area (Å²) >= 11 is 0. The maximum Gasteiger partial charge on any atom is 0.407 e. The van der Waals surface area contributed by atoms with Crippen molar-refractivity contribution in [1.82, 2.24) is 15.2 Å². The van der Waals surface area contributed by atoms with E-state index in [0.717, 1.165) is 11.1 Å². The lowest BCUT2D eigenvalue weighted by Crippen LogP contribution is -2.40. The molecule has 3 rings (SSSR count). The Morgan fingerprint density at radius 3 is 2.82 bits per heavy atom. The standard InChI is InChI=1S/C20H24FN3O4/c1-20(2,3)27-19(26)22-8-7-15-11-23-18(25)17-10-14(12-24(15)17)13-5-4-6-16(9-13)28-21/h4-6,9-10,12,15H,7-8,11H2,1-3H3,(H,22,26)(H,23,25). The van der Waals surface area contributed by atoms with Crippen LogP contribution in [0, 0.1) is 0 Å². The Bertz CT molecular complexity index is 873. The van der Waals surface area contributed by atoms with Crippen molar-refractivity contribution in [2.24, 2.45) is 0 Å². The Balaban J connectivity index is 1.72. The van der Waals surface area contributed by atoms with Crippen molar-refractivity contribution < 1.29 is 23.8 Å². The first-order chi connectivity index (χ1) is 13.3. The number of carbonyl (C=O) groups is 2. The fourth-order valence-corrected chi connectivity index (χ4v) is 3.14. The van der Waals surface area contributed by atoms with Crippen molar-refractivity contribution in [3.05, 3.63) is 42.2 Å². The normalized spacial score (nSPS) is 16.1. The molecular formula is C20H24FN3O4. The number of halogens is 1. The van der Waals surface area contributed by atoms with Gasteiger partial charge in [-0.25, -0.2) is 4.79 Å². The Morgan fingerprint density at radius 2 is 2.11 bits per heavy atom. The van der Waals surface area contributed by atoms with Gasteiger partial charge in [0, 0.05) is 29.4 Å². The summed E-state index contributed by atoms with van der Waals surface area (Å²) in [5.74, 6) is -0.0651. The average molecular weight is 389 g/mol. The van der Waals surface area contributed by atoms with Gasteiger partial charge in [-0.2, -0.15) is 0 Å². The Labute approximate surface area is 162 Å². The number of alkyl carbamates (subject to hydrolysis) is 1. The van der Waals surface area contributed by atoms with Crippen molar-refractivity contribution in [1.29, 1.82) is 0 Å². The number of amides is 2. The van der Waals surface area contributed by atoms with Gasteiger partial charge < -0.3 is 19.9 Å². The first-order valence-corrected chi connectivity index (χ1v) is 9.13. The Kier molecular flexibility index (Phi) is 5.58. The molecule has 2 N–H and O–H groups in total. The zero-order valence-corrected chi connectivity index (χ0v) is 16.1. The van der Waals surface area contributed by atoms with Gasteiger partial charge in [0.25, 0.3) is 5.91 Å². The van der Waals surface area contributed by atoms with Crippen molar-refractivity contribution in [2.45, 2.75) is 38.8 Å². The molecule has 1 aromatic heterocycles. The van der Waals surface area contributed by atoms with Gasteiger partial charge in [-0.05, 0) is 51.0 Å². The first-order valence-electron chi connectivity index (χ1n) is 9.13. The van der Waals surface area contributed by atoms with Crippen LogP contribution < -0.4 is 15.6 Å². The number of benzene rings is 1. The van der Waals surface area contributed by atoms with Gasteiger partial charge in [0.15, 0.2) is 5.75 Å². The zero-order valence-electron chi connectivity index (χ0n) is 16.1. The molecule has 0 spiro atoms. The van der Waals surface area contributed by atoms with Crippen LogP contribution in [0.4, 0.5) is 9.32 Å². The van der Waals surface area contributed by atoms with Crippen molar-refractivity contribution >= 4 is 12.0 Å². The molecule has 1 atom stereocenters. The van der Waals surface area contributed by atoms with Crippen LogP contribution in [0.3, 0.4) is 0 Å². The van der Waals surface area contributed by atoms with Gasteiger partial charge in [0.2, 0.25) is 0 Å². The van der Waals surface area contributed by atoms with Crippen LogP contribution in [0.5, 0.6) is 5.75 Å². The highest BCUT2D eigenvalue weighted by Crippen LogP contribution is 2.29. The molecule has 1 unspecified atom stereocenters. The Hall–Kier alpha value is -3.03. The van der Waals surface area contributed by atoms with E-state index in [1.54, 1.807) is 39.0 Å². The Morgan fingerprint density at radius 1 is 1.32 bits per heavy atom. The van der Waals surface area contributed by atoms with E-state index in [-0.39, 0.29) is 17.7 Å². The monoisotopic (exact) mass is 389 g/mol. The van der Waals surface area contributed by atoms with E-state index in [1.165, 1.54) is 6.07 Å². The second-order valence-corrected chi connectivity index (χ2v) is 7.71. The lowest BCUT2D eigenvalue weighted by atomic mass is 10.1. The van der Waals surface area contributed by atoms with E-state index in [9.17, 15) is 14.1 Å². The number of aromatic nitrogens is 1. The van der Waals surface area contributed by atoms with Crippen LogP contribution in [0.2, 0.25) is 0 Å². The predicted molar refractivity (Wildman–Crippen MR) is 102 cm³/mol. The molecule has 28 heavy (non-hydrogen) atoms. The molecular weight excluding hydrogens is 365 g/mol. The van der Waals surface area contributed by atoms with Crippen LogP contribution in [-0.2, 0) is 4.74 Å². The fourth-order valence-electron chi connectivity index (χ4n) is 3.14. The van der Waals surface area contributed by atoms with Crippen LogP contribution in [0.15, 0.2) is 36.5 Å². The van der Waals surface area contributed by atoms with Gasteiger partial charge in [-0.1, -0.05) is 12.1 Å². The molecule has 2 heterocycles. The molecule has 0 aliphatic carbocycles. The van der Waals surface area contributed by atoms with E-state index in [1.807, 2.05) is 16.8 Å². The summed E-state index contributed by atoms with van der Waals surface area (Å²) in [6, 6.07) is 8.33. The van der Waals surface area contributed by atoms with E-state index >= 15 is 0 Å². The van der Waals surface area contributed by atoms with Gasteiger partial charge in [-0.15, -0.1) is 0 Å². The third-order valence-corrected chi connectivity index (χ3v) is 4.38. The minimum Gasteiger partial charge on any atom is -0.444 e. The third kappa shape index (κ3) is 4.62. The van der Waals surface area contributed by atoms with E-state index in [2.05, 4.69) is 15.6 Å². The number of fused-ring (bicyclic) bond motifs is 1. The van der Waals surface area contributed by atoms with E-state index in [0.29, 0.717) is 25.2 Å². The number of rotatable bonds is 5. The summed E-state index contributed by atoms with van der Waals surface area (Å²) < 4.78 is 19.6. The summed E-state index contributed by atoms with van der Waals surface area (Å²) in [7, 11) is 0. The molecule has 7 nitrogen and oxygen atoms in total. The molecule has 1 aliphatic rings. The van der Waals surface area contributed by atoms with Crippen LogP contribution >= 0.6 is 0 Å². The molecule has 150 valence electrons. The van der Waals surface area contributed by atoms with Crippen molar-refractivity contribution in [3.63, 3.8) is 0 Å². The fraction of sp³-hybridized carbons (Fsp3) is 0.400. The molecule has 8 heteroatoms. The summed E-state index contributed by atoms with van der Waals surface area (Å²) in [5, 5.41) is 5.60. The second-order valence-electron chi connectivity index (χ2n) is 7.71. The number of nitrogens with one attached hydrogen (secondary N) is 2. The number of hydrogen-bond acceptors (Lipinski definition) is 4. The lowest BCUT2D eigenvalue weighted by Gasteiger charge is -2.27. The summed E-state index contributed by atoms with van der Waals surface area (Å²) in [5.41, 5.74) is 1.50. The average Bonchev–Trinajstić information content (AvgIpc) is 3.09. The first kappa shape index (κ1) is 19.7. The highest BCUT2D eigenvalue weighted by atomic mass is 19.3. The quantitative estimate of drug-likeness (QED) is 0.818. The van der Waals surface area contributed by atoms with Gasteiger partial charge in [-0.3, -0.25) is 9.74 Å². The second kappa shape index (κ2) is 7.92. The lowest BCUT2D eigenvalue weighted by molar-refractivity contribution is -0.00614. The van der Waals surface area contributed by atoms with Crippen LogP contribution in [0.1, 0.15) is 43.7 Å². The SMILES string of the molecule is CC(C)(C)OC(=O)NCCC1CNC(=O)c2cc(-c3cccc(OF)c3)cn21. The van der Waals surface area contributed by atoms with Crippen LogP contribution in [0.25, 0.3) is 11.1 Å². The summed E-state index contributed by atoms with van der Waals surface area (Å²) in [6.45, 7) is 6.29. The highest BCUT2D eigenvalue weighted by Gasteiger charge is 2.26. The number of carbonyl (C=O) groups excluding carboxylic acids is 2. The highest BCUT2D eigenvalue weighted by molar-refractivity contribution is 5.95. The predicted octanol–water partition coefficient (Wildman–Crippen LogP) is 3.62. The smallest absolute Gasteiger partial charge is 0.407 e. The zero-order chi connectivity index (χ0) is 20.3. The van der Waals surface area contributed by atoms with Gasteiger partial charge in [0.1, 0.15) is 11.3 Å².